The first-order valence-corrected chi connectivity index (χ1v) is 10.0. The molecule has 1 saturated carbocycles. The van der Waals surface area contributed by atoms with E-state index in [4.69, 9.17) is 11.6 Å². The smallest absolute Gasteiger partial charge is 0.147 e. The molecule has 5 heteroatoms. The molecular weight excluding hydrogens is 306 g/mol. The van der Waals surface area contributed by atoms with Gasteiger partial charge in [-0.2, -0.15) is 0 Å². The maximum atomic E-state index is 11.3. The van der Waals surface area contributed by atoms with Crippen LogP contribution in [-0.4, -0.2) is 33.0 Å². The lowest BCUT2D eigenvalue weighted by molar-refractivity contribution is 0.437. The molecule has 1 aromatic carbocycles. The van der Waals surface area contributed by atoms with Crippen LogP contribution in [0.3, 0.4) is 0 Å². The molecule has 21 heavy (non-hydrogen) atoms. The number of rotatable bonds is 9. The van der Waals surface area contributed by atoms with Crippen LogP contribution < -0.4 is 5.32 Å². The summed E-state index contributed by atoms with van der Waals surface area (Å²) in [4.78, 5) is 0. The van der Waals surface area contributed by atoms with Crippen LogP contribution >= 0.6 is 11.6 Å². The Morgan fingerprint density at radius 1 is 1.29 bits per heavy atom. The van der Waals surface area contributed by atoms with Crippen molar-refractivity contribution in [1.29, 1.82) is 0 Å². The molecule has 1 unspecified atom stereocenters. The van der Waals surface area contributed by atoms with E-state index in [0.717, 1.165) is 30.8 Å². The highest BCUT2D eigenvalue weighted by molar-refractivity contribution is 7.90. The molecule has 1 atom stereocenters. The van der Waals surface area contributed by atoms with Gasteiger partial charge < -0.3 is 5.32 Å². The van der Waals surface area contributed by atoms with Crippen molar-refractivity contribution in [2.45, 2.75) is 38.1 Å². The van der Waals surface area contributed by atoms with E-state index in [1.807, 2.05) is 12.1 Å². The van der Waals surface area contributed by atoms with Crippen molar-refractivity contribution in [3.05, 3.63) is 34.9 Å². The molecule has 0 radical (unpaired) electrons. The van der Waals surface area contributed by atoms with Crippen LogP contribution in [0.15, 0.2) is 24.3 Å². The van der Waals surface area contributed by atoms with E-state index in [1.165, 1.54) is 24.7 Å². The Kier molecular flexibility index (Phi) is 6.08. The molecule has 1 N–H and O–H groups in total. The summed E-state index contributed by atoms with van der Waals surface area (Å²) in [5.41, 5.74) is 1.27. The van der Waals surface area contributed by atoms with Crippen molar-refractivity contribution in [2.75, 3.05) is 18.6 Å². The van der Waals surface area contributed by atoms with Gasteiger partial charge in [-0.3, -0.25) is 0 Å². The summed E-state index contributed by atoms with van der Waals surface area (Å²) in [6.07, 6.45) is 6.51. The Labute approximate surface area is 133 Å². The van der Waals surface area contributed by atoms with Crippen LogP contribution in [0.4, 0.5) is 0 Å². The monoisotopic (exact) mass is 329 g/mol. The van der Waals surface area contributed by atoms with Gasteiger partial charge in [-0.05, 0) is 62.3 Å². The first-order valence-electron chi connectivity index (χ1n) is 7.58. The van der Waals surface area contributed by atoms with Gasteiger partial charge >= 0.3 is 0 Å². The second-order valence-corrected chi connectivity index (χ2v) is 8.85. The van der Waals surface area contributed by atoms with E-state index in [0.29, 0.717) is 12.0 Å². The van der Waals surface area contributed by atoms with Gasteiger partial charge in [-0.1, -0.05) is 23.7 Å². The molecule has 3 nitrogen and oxygen atoms in total. The van der Waals surface area contributed by atoms with E-state index in [1.54, 1.807) is 0 Å². The molecule has 0 amide bonds. The number of nitrogens with one attached hydrogen (secondary N) is 1. The lowest BCUT2D eigenvalue weighted by atomic mass is 9.95. The molecule has 1 aliphatic carbocycles. The predicted molar refractivity (Wildman–Crippen MR) is 88.6 cm³/mol. The number of sulfone groups is 1. The highest BCUT2D eigenvalue weighted by Gasteiger charge is 2.22. The Bertz CT molecular complexity index is 538. The second-order valence-electron chi connectivity index (χ2n) is 6.15. The Balaban J connectivity index is 1.85. The van der Waals surface area contributed by atoms with Crippen LogP contribution in [0, 0.1) is 5.92 Å². The van der Waals surface area contributed by atoms with Gasteiger partial charge in [-0.15, -0.1) is 0 Å². The molecule has 1 aliphatic rings. The summed E-state index contributed by atoms with van der Waals surface area (Å²) >= 11 is 5.91. The Hall–Kier alpha value is -0.580. The predicted octanol–water partition coefficient (Wildman–Crippen LogP) is 3.08. The summed E-state index contributed by atoms with van der Waals surface area (Å²) in [6, 6.07) is 8.64. The lowest BCUT2D eigenvalue weighted by Crippen LogP contribution is -2.26. The molecule has 1 fully saturated rings. The minimum atomic E-state index is -2.86. The lowest BCUT2D eigenvalue weighted by Gasteiger charge is -2.17. The third-order valence-electron chi connectivity index (χ3n) is 3.84. The van der Waals surface area contributed by atoms with E-state index in [2.05, 4.69) is 17.4 Å². The Morgan fingerprint density at radius 3 is 2.52 bits per heavy atom. The van der Waals surface area contributed by atoms with E-state index < -0.39 is 9.84 Å². The average Bonchev–Trinajstić information content (AvgIpc) is 3.21. The standard InChI is InChI=1S/C16H24ClNO2S/c1-21(19,20)10-2-3-14(12-18-16-8-9-16)11-13-4-6-15(17)7-5-13/h4-7,14,16,18H,2-3,8-12H2,1H3. The van der Waals surface area contributed by atoms with Crippen molar-refractivity contribution in [3.63, 3.8) is 0 Å². The van der Waals surface area contributed by atoms with Crippen molar-refractivity contribution in [2.24, 2.45) is 5.92 Å². The first-order chi connectivity index (χ1) is 9.92. The van der Waals surface area contributed by atoms with Gasteiger partial charge in [0, 0.05) is 23.1 Å². The van der Waals surface area contributed by atoms with Crippen molar-refractivity contribution >= 4 is 21.4 Å². The minimum absolute atomic E-state index is 0.285. The summed E-state index contributed by atoms with van der Waals surface area (Å²) < 4.78 is 22.5. The average molecular weight is 330 g/mol. The van der Waals surface area contributed by atoms with Crippen molar-refractivity contribution in [3.8, 4) is 0 Å². The molecule has 2 rings (SSSR count). The van der Waals surface area contributed by atoms with Crippen molar-refractivity contribution in [1.82, 2.24) is 5.32 Å². The number of hydrogen-bond acceptors (Lipinski definition) is 3. The minimum Gasteiger partial charge on any atom is -0.314 e. The fourth-order valence-electron chi connectivity index (χ4n) is 2.49. The Morgan fingerprint density at radius 2 is 1.95 bits per heavy atom. The summed E-state index contributed by atoms with van der Waals surface area (Å²) in [5, 5.41) is 4.31. The van der Waals surface area contributed by atoms with Crippen LogP contribution in [0.2, 0.25) is 5.02 Å². The first kappa shape index (κ1) is 16.8. The van der Waals surface area contributed by atoms with Crippen LogP contribution in [-0.2, 0) is 16.3 Å². The van der Waals surface area contributed by atoms with E-state index in [-0.39, 0.29) is 5.75 Å². The van der Waals surface area contributed by atoms with Gasteiger partial charge in [-0.25, -0.2) is 8.42 Å². The zero-order valence-corrected chi connectivity index (χ0v) is 14.1. The molecule has 0 aromatic heterocycles. The number of benzene rings is 1. The molecule has 0 aliphatic heterocycles. The third-order valence-corrected chi connectivity index (χ3v) is 5.12. The SMILES string of the molecule is CS(=O)(=O)CCCC(CNC1CC1)Cc1ccc(Cl)cc1. The highest BCUT2D eigenvalue weighted by atomic mass is 35.5. The molecule has 0 saturated heterocycles. The highest BCUT2D eigenvalue weighted by Crippen LogP contribution is 2.21. The normalized spacial score (nSPS) is 16.9. The number of hydrogen-bond donors (Lipinski definition) is 1. The van der Waals surface area contributed by atoms with E-state index >= 15 is 0 Å². The van der Waals surface area contributed by atoms with Gasteiger partial charge in [0.15, 0.2) is 0 Å². The second kappa shape index (κ2) is 7.61. The summed E-state index contributed by atoms with van der Waals surface area (Å²) in [6.45, 7) is 0.969. The molecule has 118 valence electrons. The largest absolute Gasteiger partial charge is 0.314 e. The third kappa shape index (κ3) is 7.30. The molecule has 1 aromatic rings. The molecular formula is C16H24ClNO2S. The van der Waals surface area contributed by atoms with E-state index in [9.17, 15) is 8.42 Å². The zero-order chi connectivity index (χ0) is 15.3. The maximum absolute atomic E-state index is 11.3. The van der Waals surface area contributed by atoms with Crippen molar-refractivity contribution < 1.29 is 8.42 Å². The summed E-state index contributed by atoms with van der Waals surface area (Å²) in [7, 11) is -2.86. The van der Waals surface area contributed by atoms with Crippen LogP contribution in [0.25, 0.3) is 0 Å². The topological polar surface area (TPSA) is 46.2 Å². The molecule has 0 spiro atoms. The van der Waals surface area contributed by atoms with Gasteiger partial charge in [0.2, 0.25) is 0 Å². The fourth-order valence-corrected chi connectivity index (χ4v) is 3.30. The quantitative estimate of drug-likeness (QED) is 0.757. The maximum Gasteiger partial charge on any atom is 0.147 e. The van der Waals surface area contributed by atoms with Gasteiger partial charge in [0.1, 0.15) is 9.84 Å². The zero-order valence-electron chi connectivity index (χ0n) is 12.5. The van der Waals surface area contributed by atoms with Gasteiger partial charge in [0.25, 0.3) is 0 Å². The number of halogens is 1. The fraction of sp³-hybridized carbons (Fsp3) is 0.625. The summed E-state index contributed by atoms with van der Waals surface area (Å²) in [5.74, 6) is 0.765. The van der Waals surface area contributed by atoms with Crippen LogP contribution in [0.5, 0.6) is 0 Å². The molecule has 0 heterocycles. The molecule has 0 bridgehead atoms. The van der Waals surface area contributed by atoms with Gasteiger partial charge in [0.05, 0.1) is 0 Å². The van der Waals surface area contributed by atoms with Crippen LogP contribution in [0.1, 0.15) is 31.2 Å².